The number of aliphatic hydroxyl groups is 1. The Morgan fingerprint density at radius 1 is 1.12 bits per heavy atom. The van der Waals surface area contributed by atoms with Crippen molar-refractivity contribution in [2.75, 3.05) is 25.6 Å². The Hall–Kier alpha value is -3.98. The number of benzene rings is 2. The van der Waals surface area contributed by atoms with E-state index < -0.39 is 6.10 Å². The highest BCUT2D eigenvalue weighted by Crippen LogP contribution is 2.21. The van der Waals surface area contributed by atoms with Crippen molar-refractivity contribution in [3.05, 3.63) is 66.5 Å². The lowest BCUT2D eigenvalue weighted by Gasteiger charge is -2.13. The lowest BCUT2D eigenvalue weighted by molar-refractivity contribution is -0.117. The largest absolute Gasteiger partial charge is 0.497 e. The van der Waals surface area contributed by atoms with Gasteiger partial charge in [0.05, 0.1) is 19.4 Å². The van der Waals surface area contributed by atoms with Gasteiger partial charge in [0.1, 0.15) is 30.0 Å². The molecule has 0 saturated carbocycles. The van der Waals surface area contributed by atoms with Crippen molar-refractivity contribution in [3.63, 3.8) is 0 Å². The number of amidine groups is 1. The molecule has 0 spiro atoms. The van der Waals surface area contributed by atoms with E-state index in [0.29, 0.717) is 24.5 Å². The maximum absolute atomic E-state index is 11.8. The highest BCUT2D eigenvalue weighted by Gasteiger charge is 2.09. The van der Waals surface area contributed by atoms with Crippen LogP contribution < -0.4 is 20.5 Å². The Kier molecular flexibility index (Phi) is 8.93. The summed E-state index contributed by atoms with van der Waals surface area (Å²) >= 11 is 0. The molecule has 178 valence electrons. The first-order valence-electron chi connectivity index (χ1n) is 10.9. The number of aryl methyl sites for hydroxylation is 1. The van der Waals surface area contributed by atoms with Crippen LogP contribution in [0.1, 0.15) is 18.4 Å². The third kappa shape index (κ3) is 7.86. The van der Waals surface area contributed by atoms with Crippen LogP contribution >= 0.6 is 0 Å². The molecular formula is C25H29N5O4. The Morgan fingerprint density at radius 3 is 2.50 bits per heavy atom. The SMILES string of the molecule is COc1ccc(OCC(O)CNc2ncc(-c3cccc(CCC(=O)CC(=N)N)c3)cn2)cc1. The quantitative estimate of drug-likeness (QED) is 0.224. The molecule has 0 aliphatic carbocycles. The van der Waals surface area contributed by atoms with Crippen LogP contribution in [0.25, 0.3) is 11.1 Å². The van der Waals surface area contributed by atoms with Crippen LogP contribution in [0.5, 0.6) is 11.5 Å². The summed E-state index contributed by atoms with van der Waals surface area (Å²) in [5, 5.41) is 20.4. The van der Waals surface area contributed by atoms with Gasteiger partial charge in [-0.05, 0) is 41.8 Å². The van der Waals surface area contributed by atoms with Gasteiger partial charge < -0.3 is 25.6 Å². The number of anilines is 1. The van der Waals surface area contributed by atoms with Crippen LogP contribution in [-0.4, -0.2) is 53.1 Å². The van der Waals surface area contributed by atoms with E-state index in [4.69, 9.17) is 20.6 Å². The summed E-state index contributed by atoms with van der Waals surface area (Å²) in [6, 6.07) is 15.0. The van der Waals surface area contributed by atoms with E-state index in [1.807, 2.05) is 24.3 Å². The van der Waals surface area contributed by atoms with Gasteiger partial charge in [-0.3, -0.25) is 10.2 Å². The summed E-state index contributed by atoms with van der Waals surface area (Å²) in [4.78, 5) is 20.4. The highest BCUT2D eigenvalue weighted by molar-refractivity contribution is 5.98. The normalized spacial score (nSPS) is 11.5. The fourth-order valence-electron chi connectivity index (χ4n) is 3.19. The van der Waals surface area contributed by atoms with E-state index in [1.165, 1.54) is 0 Å². The molecule has 3 rings (SSSR count). The molecule has 0 aliphatic rings. The van der Waals surface area contributed by atoms with E-state index in [-0.39, 0.29) is 31.2 Å². The van der Waals surface area contributed by atoms with E-state index in [2.05, 4.69) is 15.3 Å². The Labute approximate surface area is 198 Å². The fourth-order valence-corrected chi connectivity index (χ4v) is 3.19. The lowest BCUT2D eigenvalue weighted by atomic mass is 10.0. The van der Waals surface area contributed by atoms with Gasteiger partial charge in [-0.15, -0.1) is 0 Å². The monoisotopic (exact) mass is 463 g/mol. The maximum atomic E-state index is 11.8. The number of hydrogen-bond donors (Lipinski definition) is 4. The molecule has 0 fully saturated rings. The summed E-state index contributed by atoms with van der Waals surface area (Å²) < 4.78 is 10.7. The summed E-state index contributed by atoms with van der Waals surface area (Å²) in [5.74, 6) is 1.63. The summed E-state index contributed by atoms with van der Waals surface area (Å²) in [7, 11) is 1.60. The molecule has 1 aromatic heterocycles. The van der Waals surface area contributed by atoms with Crippen LogP contribution in [0.15, 0.2) is 60.9 Å². The van der Waals surface area contributed by atoms with Crippen molar-refractivity contribution in [2.24, 2.45) is 5.73 Å². The van der Waals surface area contributed by atoms with E-state index in [1.54, 1.807) is 43.8 Å². The Balaban J connectivity index is 1.47. The van der Waals surface area contributed by atoms with Crippen LogP contribution in [0.3, 0.4) is 0 Å². The van der Waals surface area contributed by atoms with Gasteiger partial charge in [-0.1, -0.05) is 24.3 Å². The Morgan fingerprint density at radius 2 is 1.82 bits per heavy atom. The number of hydrogen-bond acceptors (Lipinski definition) is 8. The molecule has 1 atom stereocenters. The minimum Gasteiger partial charge on any atom is -0.497 e. The molecule has 9 heteroatoms. The third-order valence-corrected chi connectivity index (χ3v) is 4.99. The fraction of sp³-hybridized carbons (Fsp3) is 0.280. The standard InChI is InChI=1S/C25H29N5O4/c1-33-22-7-9-23(10-8-22)34-16-21(32)15-30-25-28-13-19(14-29-25)18-4-2-3-17(11-18)5-6-20(31)12-24(26)27/h2-4,7-11,13-14,21,32H,5-6,12,15-16H2,1H3,(H3,26,27)(H,28,29,30). The second kappa shape index (κ2) is 12.3. The molecule has 0 bridgehead atoms. The number of aliphatic hydroxyl groups excluding tert-OH is 1. The summed E-state index contributed by atoms with van der Waals surface area (Å²) in [5.41, 5.74) is 8.07. The average molecular weight is 464 g/mol. The number of carbonyl (C=O) groups is 1. The number of nitrogens with zero attached hydrogens (tertiary/aromatic N) is 2. The van der Waals surface area contributed by atoms with Gasteiger partial charge in [0.15, 0.2) is 0 Å². The minimum absolute atomic E-state index is 0.00963. The first kappa shape index (κ1) is 24.7. The second-order valence-electron chi connectivity index (χ2n) is 7.76. The number of ether oxygens (including phenoxy) is 2. The van der Waals surface area contributed by atoms with Crippen LogP contribution in [-0.2, 0) is 11.2 Å². The molecule has 0 aliphatic heterocycles. The zero-order valence-electron chi connectivity index (χ0n) is 19.0. The Bertz CT molecular complexity index is 1090. The van der Waals surface area contributed by atoms with Gasteiger partial charge in [-0.2, -0.15) is 0 Å². The van der Waals surface area contributed by atoms with Gasteiger partial charge in [0.2, 0.25) is 5.95 Å². The predicted octanol–water partition coefficient (Wildman–Crippen LogP) is 2.83. The molecule has 3 aromatic rings. The predicted molar refractivity (Wildman–Crippen MR) is 130 cm³/mol. The molecule has 0 radical (unpaired) electrons. The number of rotatable bonds is 13. The van der Waals surface area contributed by atoms with Crippen molar-refractivity contribution in [3.8, 4) is 22.6 Å². The van der Waals surface area contributed by atoms with Gasteiger partial charge in [-0.25, -0.2) is 9.97 Å². The van der Waals surface area contributed by atoms with Crippen LogP contribution in [0.2, 0.25) is 0 Å². The third-order valence-electron chi connectivity index (χ3n) is 4.99. The number of Topliss-reactive ketones (excluding diaryl/α,β-unsaturated/α-hetero) is 1. The van der Waals surface area contributed by atoms with Crippen molar-refractivity contribution in [1.29, 1.82) is 5.41 Å². The smallest absolute Gasteiger partial charge is 0.222 e. The van der Waals surface area contributed by atoms with Crippen LogP contribution in [0, 0.1) is 5.41 Å². The molecule has 5 N–H and O–H groups in total. The molecular weight excluding hydrogens is 434 g/mol. The second-order valence-corrected chi connectivity index (χ2v) is 7.76. The maximum Gasteiger partial charge on any atom is 0.222 e. The number of methoxy groups -OCH3 is 1. The molecule has 2 aromatic carbocycles. The zero-order chi connectivity index (χ0) is 24.3. The molecule has 1 heterocycles. The summed E-state index contributed by atoms with van der Waals surface area (Å²) in [6.45, 7) is 0.360. The van der Waals surface area contributed by atoms with Gasteiger partial charge >= 0.3 is 0 Å². The van der Waals surface area contributed by atoms with Gasteiger partial charge in [0, 0.05) is 30.9 Å². The lowest BCUT2D eigenvalue weighted by Crippen LogP contribution is -2.26. The number of aromatic nitrogens is 2. The first-order chi connectivity index (χ1) is 16.4. The zero-order valence-corrected chi connectivity index (χ0v) is 19.0. The van der Waals surface area contributed by atoms with Crippen LogP contribution in [0.4, 0.5) is 5.95 Å². The number of carbonyl (C=O) groups excluding carboxylic acids is 1. The number of ketones is 1. The first-order valence-corrected chi connectivity index (χ1v) is 10.9. The van der Waals surface area contributed by atoms with Crippen molar-refractivity contribution >= 4 is 17.6 Å². The van der Waals surface area contributed by atoms with Crippen molar-refractivity contribution in [2.45, 2.75) is 25.4 Å². The average Bonchev–Trinajstić information content (AvgIpc) is 2.85. The molecule has 9 nitrogen and oxygen atoms in total. The number of nitrogens with two attached hydrogens (primary N) is 1. The van der Waals surface area contributed by atoms with E-state index >= 15 is 0 Å². The highest BCUT2D eigenvalue weighted by atomic mass is 16.5. The molecule has 0 amide bonds. The summed E-state index contributed by atoms with van der Waals surface area (Å²) in [6.07, 6.45) is 3.58. The van der Waals surface area contributed by atoms with Crippen molar-refractivity contribution in [1.82, 2.24) is 9.97 Å². The number of nitrogens with one attached hydrogen (secondary N) is 2. The topological polar surface area (TPSA) is 143 Å². The minimum atomic E-state index is -0.743. The van der Waals surface area contributed by atoms with Crippen molar-refractivity contribution < 1.29 is 19.4 Å². The molecule has 34 heavy (non-hydrogen) atoms. The molecule has 1 unspecified atom stereocenters. The van der Waals surface area contributed by atoms with Gasteiger partial charge in [0.25, 0.3) is 0 Å². The van der Waals surface area contributed by atoms with E-state index in [0.717, 1.165) is 22.4 Å². The van der Waals surface area contributed by atoms with E-state index in [9.17, 15) is 9.90 Å². The molecule has 0 saturated heterocycles.